The number of hydrogen-bond acceptors (Lipinski definition) is 4. The lowest BCUT2D eigenvalue weighted by atomic mass is 10.0. The molecule has 1 atom stereocenters. The average molecular weight is 435 g/mol. The first-order valence-corrected chi connectivity index (χ1v) is 9.34. The molecule has 0 aliphatic carbocycles. The summed E-state index contributed by atoms with van der Waals surface area (Å²) >= 11 is 5.85. The number of halogens is 4. The van der Waals surface area contributed by atoms with Crippen molar-refractivity contribution in [2.24, 2.45) is 0 Å². The molecule has 0 unspecified atom stereocenters. The van der Waals surface area contributed by atoms with Crippen molar-refractivity contribution in [3.63, 3.8) is 0 Å². The summed E-state index contributed by atoms with van der Waals surface area (Å²) in [5, 5.41) is 6.09. The summed E-state index contributed by atoms with van der Waals surface area (Å²) in [6.07, 6.45) is -1.55. The second kappa shape index (κ2) is 8.71. The number of alkyl halides is 3. The highest BCUT2D eigenvalue weighted by Crippen LogP contribution is 2.30. The third kappa shape index (κ3) is 5.27. The molecule has 3 rings (SSSR count). The van der Waals surface area contributed by atoms with Crippen molar-refractivity contribution in [1.82, 2.24) is 9.97 Å². The largest absolute Gasteiger partial charge is 0.416 e. The van der Waals surface area contributed by atoms with Crippen LogP contribution in [0.3, 0.4) is 0 Å². The van der Waals surface area contributed by atoms with Gasteiger partial charge in [-0.1, -0.05) is 23.7 Å². The first-order chi connectivity index (χ1) is 14.1. The molecular formula is C21H18ClF3N4O. The lowest BCUT2D eigenvalue weighted by Crippen LogP contribution is -2.15. The Morgan fingerprint density at radius 3 is 2.60 bits per heavy atom. The van der Waals surface area contributed by atoms with Crippen LogP contribution >= 0.6 is 11.6 Å². The van der Waals surface area contributed by atoms with Gasteiger partial charge in [-0.3, -0.25) is 9.78 Å². The number of aryl methyl sites for hydroxylation is 1. The van der Waals surface area contributed by atoms with E-state index in [1.807, 2.05) is 19.9 Å². The Bertz CT molecular complexity index is 1070. The summed E-state index contributed by atoms with van der Waals surface area (Å²) < 4.78 is 38.7. The van der Waals surface area contributed by atoms with Gasteiger partial charge in [0.25, 0.3) is 5.91 Å². The molecule has 9 heteroatoms. The van der Waals surface area contributed by atoms with Gasteiger partial charge >= 0.3 is 6.18 Å². The van der Waals surface area contributed by atoms with Gasteiger partial charge in [0.15, 0.2) is 0 Å². The van der Waals surface area contributed by atoms with Crippen molar-refractivity contribution in [2.75, 3.05) is 10.6 Å². The van der Waals surface area contributed by atoms with E-state index < -0.39 is 17.6 Å². The van der Waals surface area contributed by atoms with E-state index in [9.17, 15) is 18.0 Å². The Balaban J connectivity index is 1.79. The molecule has 0 saturated carbocycles. The Hall–Kier alpha value is -3.13. The summed E-state index contributed by atoms with van der Waals surface area (Å²) in [4.78, 5) is 20.6. The first-order valence-electron chi connectivity index (χ1n) is 8.97. The van der Waals surface area contributed by atoms with Gasteiger partial charge in [-0.2, -0.15) is 13.2 Å². The van der Waals surface area contributed by atoms with Crippen LogP contribution in [0.25, 0.3) is 0 Å². The SMILES string of the molecule is Cc1ccc(NC(=O)c2cccc(C(F)(F)F)c2)cc1[C@H](C)Nc1cncc(Cl)n1. The van der Waals surface area contributed by atoms with Crippen LogP contribution in [-0.4, -0.2) is 15.9 Å². The molecule has 0 radical (unpaired) electrons. The maximum atomic E-state index is 12.9. The molecule has 30 heavy (non-hydrogen) atoms. The maximum Gasteiger partial charge on any atom is 0.416 e. The molecule has 1 heterocycles. The smallest absolute Gasteiger partial charge is 0.362 e. The maximum absolute atomic E-state index is 12.9. The molecule has 0 fully saturated rings. The fourth-order valence-electron chi connectivity index (χ4n) is 2.94. The van der Waals surface area contributed by atoms with E-state index in [2.05, 4.69) is 20.6 Å². The molecule has 5 nitrogen and oxygen atoms in total. The minimum atomic E-state index is -4.52. The van der Waals surface area contributed by atoms with Crippen LogP contribution in [0.1, 0.15) is 40.0 Å². The van der Waals surface area contributed by atoms with E-state index in [1.165, 1.54) is 24.5 Å². The van der Waals surface area contributed by atoms with Crippen LogP contribution in [-0.2, 0) is 6.18 Å². The third-order valence-corrected chi connectivity index (χ3v) is 4.61. The third-order valence-electron chi connectivity index (χ3n) is 4.43. The van der Waals surface area contributed by atoms with Crippen molar-refractivity contribution in [3.05, 3.63) is 82.3 Å². The predicted octanol–water partition coefficient (Wildman–Crippen LogP) is 5.88. The summed E-state index contributed by atoms with van der Waals surface area (Å²) in [6.45, 7) is 3.82. The zero-order valence-corrected chi connectivity index (χ0v) is 16.8. The zero-order valence-electron chi connectivity index (χ0n) is 16.1. The molecule has 3 aromatic rings. The van der Waals surface area contributed by atoms with Crippen molar-refractivity contribution >= 4 is 29.0 Å². The van der Waals surface area contributed by atoms with Crippen molar-refractivity contribution < 1.29 is 18.0 Å². The summed E-state index contributed by atoms with van der Waals surface area (Å²) in [5.74, 6) is -0.134. The molecule has 156 valence electrons. The fraction of sp³-hybridized carbons (Fsp3) is 0.190. The number of nitrogens with zero attached hydrogens (tertiary/aromatic N) is 2. The van der Waals surface area contributed by atoms with Gasteiger partial charge in [0.1, 0.15) is 11.0 Å². The second-order valence-corrected chi connectivity index (χ2v) is 7.08. The molecular weight excluding hydrogens is 417 g/mol. The first kappa shape index (κ1) is 21.6. The van der Waals surface area contributed by atoms with E-state index in [0.717, 1.165) is 23.3 Å². The molecule has 0 aliphatic rings. The number of carbonyl (C=O) groups is 1. The van der Waals surface area contributed by atoms with Crippen molar-refractivity contribution in [2.45, 2.75) is 26.1 Å². The van der Waals surface area contributed by atoms with Crippen LogP contribution in [0.5, 0.6) is 0 Å². The Kier molecular flexibility index (Phi) is 6.26. The Morgan fingerprint density at radius 1 is 1.13 bits per heavy atom. The number of aromatic nitrogens is 2. The lowest BCUT2D eigenvalue weighted by Gasteiger charge is -2.18. The van der Waals surface area contributed by atoms with Gasteiger partial charge in [0.2, 0.25) is 0 Å². The zero-order chi connectivity index (χ0) is 21.9. The molecule has 1 amide bonds. The molecule has 0 spiro atoms. The highest BCUT2D eigenvalue weighted by Gasteiger charge is 2.30. The van der Waals surface area contributed by atoms with E-state index >= 15 is 0 Å². The molecule has 2 N–H and O–H groups in total. The topological polar surface area (TPSA) is 66.9 Å². The number of anilines is 2. The lowest BCUT2D eigenvalue weighted by molar-refractivity contribution is -0.137. The highest BCUT2D eigenvalue weighted by atomic mass is 35.5. The minimum absolute atomic E-state index is 0.0766. The Morgan fingerprint density at radius 2 is 1.90 bits per heavy atom. The van der Waals surface area contributed by atoms with E-state index in [1.54, 1.807) is 12.1 Å². The van der Waals surface area contributed by atoms with Crippen molar-refractivity contribution in [3.8, 4) is 0 Å². The number of benzene rings is 2. The van der Waals surface area contributed by atoms with Gasteiger partial charge in [-0.25, -0.2) is 4.98 Å². The number of carbonyl (C=O) groups excluding carboxylic acids is 1. The molecule has 0 saturated heterocycles. The van der Waals surface area contributed by atoms with E-state index in [4.69, 9.17) is 11.6 Å². The normalized spacial score (nSPS) is 12.3. The minimum Gasteiger partial charge on any atom is -0.362 e. The van der Waals surface area contributed by atoms with Gasteiger partial charge in [-0.15, -0.1) is 0 Å². The molecule has 1 aromatic heterocycles. The fourth-order valence-corrected chi connectivity index (χ4v) is 3.08. The average Bonchev–Trinajstić information content (AvgIpc) is 2.69. The quantitative estimate of drug-likeness (QED) is 0.526. The van der Waals surface area contributed by atoms with E-state index in [-0.39, 0.29) is 16.8 Å². The monoisotopic (exact) mass is 434 g/mol. The highest BCUT2D eigenvalue weighted by molar-refractivity contribution is 6.29. The van der Waals surface area contributed by atoms with Gasteiger partial charge in [0, 0.05) is 11.3 Å². The predicted molar refractivity (Wildman–Crippen MR) is 110 cm³/mol. The van der Waals surface area contributed by atoms with Gasteiger partial charge in [0.05, 0.1) is 24.0 Å². The van der Waals surface area contributed by atoms with Crippen LogP contribution in [0, 0.1) is 6.92 Å². The van der Waals surface area contributed by atoms with Gasteiger partial charge in [-0.05, 0) is 55.3 Å². The molecule has 0 bridgehead atoms. The number of nitrogens with one attached hydrogen (secondary N) is 2. The van der Waals surface area contributed by atoms with E-state index in [0.29, 0.717) is 11.5 Å². The number of amides is 1. The molecule has 2 aromatic carbocycles. The van der Waals surface area contributed by atoms with Crippen LogP contribution in [0.15, 0.2) is 54.9 Å². The van der Waals surface area contributed by atoms with Gasteiger partial charge < -0.3 is 10.6 Å². The summed E-state index contributed by atoms with van der Waals surface area (Å²) in [7, 11) is 0. The van der Waals surface area contributed by atoms with Crippen LogP contribution in [0.2, 0.25) is 5.15 Å². The second-order valence-electron chi connectivity index (χ2n) is 6.70. The summed E-state index contributed by atoms with van der Waals surface area (Å²) in [5.41, 5.74) is 1.34. The van der Waals surface area contributed by atoms with Crippen molar-refractivity contribution in [1.29, 1.82) is 0 Å². The van der Waals surface area contributed by atoms with Crippen LogP contribution in [0.4, 0.5) is 24.7 Å². The number of rotatable bonds is 5. The summed E-state index contributed by atoms with van der Waals surface area (Å²) in [6, 6.07) is 9.37. The number of hydrogen-bond donors (Lipinski definition) is 2. The van der Waals surface area contributed by atoms with Crippen LogP contribution < -0.4 is 10.6 Å². The Labute approximate surface area is 176 Å². The standard InChI is InChI=1S/C21H18ClF3N4O/c1-12-6-7-16(9-17(12)13(2)27-19-11-26-10-18(22)29-19)28-20(30)14-4-3-5-15(8-14)21(23,24)25/h3-11,13H,1-2H3,(H,27,29)(H,28,30)/t13-/m0/s1. The molecule has 0 aliphatic heterocycles.